The number of alkyl carbamates (subject to hydrolysis) is 3. The monoisotopic (exact) mass is 1780 g/mol. The molecule has 0 aromatic carbocycles. The Morgan fingerprint density at radius 2 is 0.960 bits per heavy atom. The molecule has 5 rings (SSSR count). The average molecular weight is 1780 g/mol. The second-order valence-corrected chi connectivity index (χ2v) is 37.9. The molecule has 3 amide bonds. The molecule has 0 saturated carbocycles. The summed E-state index contributed by atoms with van der Waals surface area (Å²) in [6, 6.07) is 0. The molecule has 0 bridgehead atoms. The lowest BCUT2D eigenvalue weighted by Crippen LogP contribution is -2.52. The van der Waals surface area contributed by atoms with Gasteiger partial charge in [-0.1, -0.05) is 239 Å². The van der Waals surface area contributed by atoms with Crippen molar-refractivity contribution < 1.29 is 83.7 Å². The number of unbranched alkanes of at least 4 members (excludes halogenated alkanes) is 29. The highest BCUT2D eigenvalue weighted by atomic mass is 16.9. The number of carbonyl (C=O) groups is 5. The average Bonchev–Trinajstić information content (AvgIpc) is 1.59. The number of aliphatic imine (C=N–C) groups is 1. The third-order valence-corrected chi connectivity index (χ3v) is 21.4. The molecule has 0 spiro atoms. The van der Waals surface area contributed by atoms with E-state index in [2.05, 4.69) is 96.7 Å². The van der Waals surface area contributed by atoms with Gasteiger partial charge < -0.3 is 76.6 Å². The van der Waals surface area contributed by atoms with Crippen LogP contribution in [0.3, 0.4) is 0 Å². The van der Waals surface area contributed by atoms with Gasteiger partial charge in [-0.25, -0.2) is 14.4 Å². The number of hydrogen-bond donors (Lipinski definition) is 12. The minimum atomic E-state index is -0.802. The number of hydroxylamine groups is 2. The maximum atomic E-state index is 11.7. The third kappa shape index (κ3) is 84.4. The highest BCUT2D eigenvalue weighted by molar-refractivity contribution is 5.86. The second kappa shape index (κ2) is 81.1. The number of Topliss-reactive ketones (excluding diaryl/α,β-unsaturated/α-hetero) is 2. The minimum Gasteiger partial charge on any atom is -0.444 e. The van der Waals surface area contributed by atoms with E-state index in [9.17, 15) is 54.6 Å². The van der Waals surface area contributed by atoms with Crippen LogP contribution in [0.5, 0.6) is 0 Å². The van der Waals surface area contributed by atoms with Crippen LogP contribution in [0.2, 0.25) is 0 Å². The fraction of sp³-hybridized carbons (Fsp3) is 0.899. The number of piperidine rings is 2. The highest BCUT2D eigenvalue weighted by Gasteiger charge is 2.57. The summed E-state index contributed by atoms with van der Waals surface area (Å²) >= 11 is 0. The van der Waals surface area contributed by atoms with Crippen LogP contribution >= 0.6 is 0 Å². The molecule has 0 aromatic rings. The standard InChI is InChI=1S/C17H32N2O3.C17H33NO4.C12H23NO2.2C12H25NO2.C12H23NO.C9H17NO2.C8H17NO/c1-5-6-7-8-9-10-14-13-15(22-19-14)11-12-18-16(20)21-17(2,3)4;1-5-6-7-8-9-10-14(19)13-15(20)11-12-18-16(21)22-17(2,3)4;1-2-3-4-5-6-8-12-10-11(14)7-9-13(12)15-12;1-2-3-4-5-6-8-12(15)10-11(14)7-9-13-12;1-2-3-4-5-6-7-11(14)10-12(15)8-9-13;1-2-3-4-5-6-7-11-10-12(14)8-9-13-11;1-5-6-7-10-8(11)12-9(2,3)4;1-2-3-4-5-6-7-8-9-10/h15H,5-13H2,1-4H3,(H,18,20);15,20H,5-13H2,1-4H3,(H,18,21);11,14H,2-10H2,1H3;11,13-15H,2-10H2,1H3;12,15H,2-10,13H2,1H3;12,14H,2-10H2,1H3;5H,1,6-7H2,2-4H3,(H,10,11);8,10H,2-7H2,1H3/b;;;;;;;9-8+. The molecule has 5 aliphatic rings. The van der Waals surface area contributed by atoms with Crippen molar-refractivity contribution >= 4 is 47.5 Å². The molecular formula is C99H195N9O17. The molecule has 0 aliphatic carbocycles. The van der Waals surface area contributed by atoms with Crippen LogP contribution in [0.25, 0.3) is 0 Å². The molecule has 3 fully saturated rings. The van der Waals surface area contributed by atoms with Crippen molar-refractivity contribution in [3.05, 3.63) is 12.7 Å². The lowest BCUT2D eigenvalue weighted by Gasteiger charge is -2.36. The summed E-state index contributed by atoms with van der Waals surface area (Å²) in [7, 11) is 0. The molecule has 5 aliphatic heterocycles. The van der Waals surface area contributed by atoms with Crippen molar-refractivity contribution in [2.75, 3.05) is 45.8 Å². The van der Waals surface area contributed by atoms with Crippen molar-refractivity contribution in [1.82, 2.24) is 26.3 Å². The number of carbonyl (C=O) groups excluding carboxylic acids is 5. The van der Waals surface area contributed by atoms with Crippen LogP contribution in [0.4, 0.5) is 14.4 Å². The van der Waals surface area contributed by atoms with Gasteiger partial charge in [0.15, 0.2) is 5.72 Å². The van der Waals surface area contributed by atoms with E-state index in [-0.39, 0.29) is 66.7 Å². The zero-order chi connectivity index (χ0) is 94.3. The normalized spacial score (nSPS) is 19.8. The predicted molar refractivity (Wildman–Crippen MR) is 514 cm³/mol. The van der Waals surface area contributed by atoms with Gasteiger partial charge in [-0.3, -0.25) is 24.7 Å². The van der Waals surface area contributed by atoms with E-state index in [0.29, 0.717) is 58.3 Å². The maximum absolute atomic E-state index is 11.7. The number of ketones is 2. The van der Waals surface area contributed by atoms with Crippen molar-refractivity contribution in [2.24, 2.45) is 21.0 Å². The van der Waals surface area contributed by atoms with Crippen molar-refractivity contribution in [2.45, 2.75) is 529 Å². The van der Waals surface area contributed by atoms with Gasteiger partial charge in [0.05, 0.1) is 36.2 Å². The number of rotatable bonds is 57. The summed E-state index contributed by atoms with van der Waals surface area (Å²) in [6.45, 7) is 39.8. The number of amides is 3. The van der Waals surface area contributed by atoms with Crippen molar-refractivity contribution in [3.8, 4) is 0 Å². The van der Waals surface area contributed by atoms with E-state index in [1.54, 1.807) is 33.1 Å². The van der Waals surface area contributed by atoms with Gasteiger partial charge >= 0.3 is 18.3 Å². The van der Waals surface area contributed by atoms with Crippen LogP contribution in [-0.2, 0) is 33.5 Å². The summed E-state index contributed by atoms with van der Waals surface area (Å²) < 4.78 is 15.3. The molecule has 738 valence electrons. The third-order valence-electron chi connectivity index (χ3n) is 21.4. The van der Waals surface area contributed by atoms with Crippen molar-refractivity contribution in [3.63, 3.8) is 0 Å². The van der Waals surface area contributed by atoms with Gasteiger partial charge in [0, 0.05) is 109 Å². The number of aliphatic hydroxyl groups is 6. The molecule has 9 atom stereocenters. The summed E-state index contributed by atoms with van der Waals surface area (Å²) in [6.07, 6.45) is 58.1. The van der Waals surface area contributed by atoms with Gasteiger partial charge in [-0.2, -0.15) is 5.06 Å². The van der Waals surface area contributed by atoms with Gasteiger partial charge in [0.2, 0.25) is 0 Å². The number of ether oxygens (including phenoxy) is 3. The van der Waals surface area contributed by atoms with Crippen LogP contribution in [0.1, 0.15) is 464 Å². The Bertz CT molecular complexity index is 2660. The quantitative estimate of drug-likeness (QED) is 0.00512. The topological polar surface area (TPSA) is 391 Å². The Morgan fingerprint density at radius 1 is 0.536 bits per heavy atom. The molecule has 3 saturated heterocycles. The number of fused-ring (bicyclic) bond motifs is 1. The molecule has 9 unspecified atom stereocenters. The molecule has 13 N–H and O–H groups in total. The number of oxime groups is 2. The molecular weight excluding hydrogens is 1590 g/mol. The summed E-state index contributed by atoms with van der Waals surface area (Å²) in [5.74, 6) is 0.272. The largest absolute Gasteiger partial charge is 0.444 e. The predicted octanol–water partition coefficient (Wildman–Crippen LogP) is 22.1. The first-order chi connectivity index (χ1) is 59.5. The van der Waals surface area contributed by atoms with Crippen LogP contribution in [0, 0.1) is 0 Å². The summed E-state index contributed by atoms with van der Waals surface area (Å²) in [5.41, 5.74) is 5.45. The van der Waals surface area contributed by atoms with Gasteiger partial charge in [0.1, 0.15) is 40.2 Å². The Labute approximate surface area is 762 Å². The molecule has 26 heteroatoms. The number of nitrogens with one attached hydrogen (secondary N) is 4. The Kier molecular flexibility index (Phi) is 80.6. The molecule has 0 radical (unpaired) electrons. The Balaban J connectivity index is -0.00000138. The first-order valence-electron chi connectivity index (χ1n) is 50.0. The smallest absolute Gasteiger partial charge is 0.407 e. The van der Waals surface area contributed by atoms with E-state index < -0.39 is 40.8 Å². The Morgan fingerprint density at radius 3 is 1.41 bits per heavy atom. The summed E-state index contributed by atoms with van der Waals surface area (Å²) in [5, 5.41) is 86.1. The van der Waals surface area contributed by atoms with Crippen molar-refractivity contribution in [1.29, 1.82) is 0 Å². The number of nitrogens with zero attached hydrogens (tertiary/aromatic N) is 4. The molecule has 5 heterocycles. The molecule has 0 aromatic heterocycles. The first-order valence-corrected chi connectivity index (χ1v) is 50.0. The van der Waals surface area contributed by atoms with Crippen LogP contribution in [-0.4, -0.2) is 199 Å². The second-order valence-electron chi connectivity index (χ2n) is 37.9. The molecule has 125 heavy (non-hydrogen) atoms. The summed E-state index contributed by atoms with van der Waals surface area (Å²) in [4.78, 5) is 72.4. The van der Waals surface area contributed by atoms with E-state index in [4.69, 9.17) is 34.8 Å². The first kappa shape index (κ1) is 124. The fourth-order valence-corrected chi connectivity index (χ4v) is 14.2. The lowest BCUT2D eigenvalue weighted by molar-refractivity contribution is -0.122. The zero-order valence-corrected chi connectivity index (χ0v) is 82.7. The minimum absolute atomic E-state index is 0.0517. The van der Waals surface area contributed by atoms with Gasteiger partial charge in [-0.05, 0) is 184 Å². The van der Waals surface area contributed by atoms with Gasteiger partial charge in [0.25, 0.3) is 0 Å². The Hall–Kier alpha value is -4.90. The van der Waals surface area contributed by atoms with E-state index in [1.807, 2.05) is 41.5 Å². The van der Waals surface area contributed by atoms with E-state index in [1.165, 1.54) is 198 Å². The number of aliphatic hydroxyl groups excluding tert-OH is 5. The maximum Gasteiger partial charge on any atom is 0.407 e. The van der Waals surface area contributed by atoms with E-state index >= 15 is 0 Å². The number of nitrogens with two attached hydrogens (primary N) is 1. The zero-order valence-electron chi connectivity index (χ0n) is 82.7. The van der Waals surface area contributed by atoms with Crippen LogP contribution in [0.15, 0.2) is 28.0 Å². The van der Waals surface area contributed by atoms with E-state index in [0.717, 1.165) is 142 Å². The SMILES string of the molecule is C=CCCNC(=O)OC(C)(C)C.CCCCCCC/C=N/O.CCCCCCCC(=O)CC(O)CCN.CCCCCCCC(=O)CC(O)CCNC(=O)OC(C)(C)C.CCCCCCCC1(O)CC(O)CCN1.CCCCCCCC12CC(O)CCN1O2.CCCCCCCC1=NCCC(O)C1.CCCCCCCC1=NOC(CCNC(=O)OC(C)(C)C)C1. The lowest BCUT2D eigenvalue weighted by atomic mass is 9.93. The fourth-order valence-electron chi connectivity index (χ4n) is 14.2. The van der Waals surface area contributed by atoms with Crippen LogP contribution < -0.4 is 27.0 Å². The number of hydrogen-bond acceptors (Lipinski definition) is 23. The molecule has 26 nitrogen and oxygen atoms in total. The van der Waals surface area contributed by atoms with Gasteiger partial charge in [-0.15, -0.1) is 11.7 Å². The highest BCUT2D eigenvalue weighted by Crippen LogP contribution is 2.47.